The molecule has 1 heterocycles. The fourth-order valence-corrected chi connectivity index (χ4v) is 2.18. The molecule has 0 bridgehead atoms. The molecule has 1 aromatic heterocycles. The summed E-state index contributed by atoms with van der Waals surface area (Å²) in [4.78, 5) is 15.9. The minimum Gasteiger partial charge on any atom is -0.325 e. The fraction of sp³-hybridized carbons (Fsp3) is 0.0769. The molecule has 0 radical (unpaired) electrons. The second kappa shape index (κ2) is 6.56. The van der Waals surface area contributed by atoms with Crippen LogP contribution in [-0.2, 0) is 4.79 Å². The average molecular weight is 323 g/mol. The molecule has 0 unspecified atom stereocenters. The minimum absolute atomic E-state index is 0.0316. The monoisotopic (exact) mass is 322 g/mol. The van der Waals surface area contributed by atoms with Crippen LogP contribution in [0.2, 0.25) is 0 Å². The summed E-state index contributed by atoms with van der Waals surface area (Å²) in [6.45, 7) is 0. The third kappa shape index (κ3) is 4.16. The van der Waals surface area contributed by atoms with Gasteiger partial charge >= 0.3 is 0 Å². The van der Waals surface area contributed by atoms with Crippen molar-refractivity contribution in [3.8, 4) is 0 Å². The van der Waals surface area contributed by atoms with Gasteiger partial charge in [-0.1, -0.05) is 30.0 Å². The Bertz CT molecular complexity index is 516. The summed E-state index contributed by atoms with van der Waals surface area (Å²) in [6, 6.07) is 13.2. The van der Waals surface area contributed by atoms with Crippen molar-refractivity contribution in [3.05, 3.63) is 53.1 Å². The second-order valence-electron chi connectivity index (χ2n) is 3.52. The zero-order chi connectivity index (χ0) is 12.8. The standard InChI is InChI=1S/C13H11BrN2OS/c14-10-6-7-13(15-8-10)18-9-12(17)16-11-4-2-1-3-5-11/h1-8H,9H2,(H,16,17). The molecule has 92 valence electrons. The number of aromatic nitrogens is 1. The molecular weight excluding hydrogens is 312 g/mol. The molecule has 1 N–H and O–H groups in total. The topological polar surface area (TPSA) is 42.0 Å². The first kappa shape index (κ1) is 13.1. The van der Waals surface area contributed by atoms with Gasteiger partial charge in [0, 0.05) is 16.4 Å². The lowest BCUT2D eigenvalue weighted by atomic mass is 10.3. The third-order valence-electron chi connectivity index (χ3n) is 2.11. The van der Waals surface area contributed by atoms with E-state index < -0.39 is 0 Å². The molecule has 2 rings (SSSR count). The van der Waals surface area contributed by atoms with Crippen LogP contribution in [0.4, 0.5) is 5.69 Å². The van der Waals surface area contributed by atoms with Crippen LogP contribution in [0.25, 0.3) is 0 Å². The molecule has 0 saturated heterocycles. The van der Waals surface area contributed by atoms with Gasteiger partial charge in [0.05, 0.1) is 10.8 Å². The maximum atomic E-state index is 11.7. The van der Waals surface area contributed by atoms with Crippen molar-refractivity contribution in [3.63, 3.8) is 0 Å². The summed E-state index contributed by atoms with van der Waals surface area (Å²) in [6.07, 6.45) is 1.72. The summed E-state index contributed by atoms with van der Waals surface area (Å²) in [5.74, 6) is 0.319. The van der Waals surface area contributed by atoms with Crippen molar-refractivity contribution in [2.45, 2.75) is 5.03 Å². The molecule has 1 amide bonds. The predicted octanol–water partition coefficient (Wildman–Crippen LogP) is 3.57. The maximum Gasteiger partial charge on any atom is 0.234 e. The van der Waals surface area contributed by atoms with E-state index in [0.29, 0.717) is 5.75 Å². The van der Waals surface area contributed by atoms with Crippen LogP contribution >= 0.6 is 27.7 Å². The SMILES string of the molecule is O=C(CSc1ccc(Br)cn1)Nc1ccccc1. The highest BCUT2D eigenvalue weighted by Crippen LogP contribution is 2.17. The lowest BCUT2D eigenvalue weighted by Gasteiger charge is -2.04. The number of carbonyl (C=O) groups is 1. The number of carbonyl (C=O) groups excluding carboxylic acids is 1. The Morgan fingerprint density at radius 1 is 1.22 bits per heavy atom. The predicted molar refractivity (Wildman–Crippen MR) is 77.7 cm³/mol. The first-order valence-electron chi connectivity index (χ1n) is 5.33. The number of halogens is 1. The molecule has 0 aliphatic carbocycles. The van der Waals surface area contributed by atoms with Gasteiger partial charge in [-0.05, 0) is 40.2 Å². The molecule has 0 saturated carbocycles. The zero-order valence-electron chi connectivity index (χ0n) is 9.47. The first-order valence-corrected chi connectivity index (χ1v) is 7.11. The van der Waals surface area contributed by atoms with Crippen LogP contribution < -0.4 is 5.32 Å². The van der Waals surface area contributed by atoms with Gasteiger partial charge < -0.3 is 5.32 Å². The van der Waals surface area contributed by atoms with E-state index in [1.54, 1.807) is 6.20 Å². The van der Waals surface area contributed by atoms with Crippen LogP contribution in [0.1, 0.15) is 0 Å². The molecule has 0 aliphatic heterocycles. The van der Waals surface area contributed by atoms with Gasteiger partial charge in [0.15, 0.2) is 0 Å². The van der Waals surface area contributed by atoms with E-state index in [9.17, 15) is 4.79 Å². The Morgan fingerprint density at radius 3 is 2.67 bits per heavy atom. The fourth-order valence-electron chi connectivity index (χ4n) is 1.31. The average Bonchev–Trinajstić information content (AvgIpc) is 2.39. The first-order chi connectivity index (χ1) is 8.74. The van der Waals surface area contributed by atoms with E-state index in [0.717, 1.165) is 15.2 Å². The Hall–Kier alpha value is -1.33. The highest BCUT2D eigenvalue weighted by molar-refractivity contribution is 9.10. The van der Waals surface area contributed by atoms with Gasteiger partial charge in [-0.2, -0.15) is 0 Å². The number of anilines is 1. The van der Waals surface area contributed by atoms with E-state index in [1.807, 2.05) is 42.5 Å². The zero-order valence-corrected chi connectivity index (χ0v) is 11.9. The molecular formula is C13H11BrN2OS. The number of pyridine rings is 1. The smallest absolute Gasteiger partial charge is 0.234 e. The molecule has 1 aromatic carbocycles. The van der Waals surface area contributed by atoms with Gasteiger partial charge in [0.1, 0.15) is 0 Å². The van der Waals surface area contributed by atoms with Gasteiger partial charge in [-0.25, -0.2) is 4.98 Å². The molecule has 0 atom stereocenters. The molecule has 18 heavy (non-hydrogen) atoms. The number of hydrogen-bond acceptors (Lipinski definition) is 3. The highest BCUT2D eigenvalue weighted by atomic mass is 79.9. The van der Waals surface area contributed by atoms with Crippen molar-refractivity contribution >= 4 is 39.3 Å². The number of benzene rings is 1. The van der Waals surface area contributed by atoms with Crippen molar-refractivity contribution in [1.29, 1.82) is 0 Å². The Balaban J connectivity index is 1.83. The normalized spacial score (nSPS) is 10.1. The summed E-state index contributed by atoms with van der Waals surface area (Å²) in [5.41, 5.74) is 0.812. The van der Waals surface area contributed by atoms with Gasteiger partial charge in [0.2, 0.25) is 5.91 Å². The number of nitrogens with one attached hydrogen (secondary N) is 1. The van der Waals surface area contributed by atoms with Gasteiger partial charge in [0.25, 0.3) is 0 Å². The van der Waals surface area contributed by atoms with E-state index in [2.05, 4.69) is 26.2 Å². The minimum atomic E-state index is -0.0316. The number of thioether (sulfide) groups is 1. The molecule has 3 nitrogen and oxygen atoms in total. The van der Waals surface area contributed by atoms with Crippen LogP contribution in [0, 0.1) is 0 Å². The van der Waals surface area contributed by atoms with E-state index in [1.165, 1.54) is 11.8 Å². The lowest BCUT2D eigenvalue weighted by Crippen LogP contribution is -2.13. The van der Waals surface area contributed by atoms with Crippen molar-refractivity contribution in [2.24, 2.45) is 0 Å². The number of nitrogens with zero attached hydrogens (tertiary/aromatic N) is 1. The molecule has 0 aliphatic rings. The third-order valence-corrected chi connectivity index (χ3v) is 3.52. The summed E-state index contributed by atoms with van der Waals surface area (Å²) < 4.78 is 0.931. The second-order valence-corrected chi connectivity index (χ2v) is 5.43. The van der Waals surface area contributed by atoms with Crippen LogP contribution in [-0.4, -0.2) is 16.6 Å². The largest absolute Gasteiger partial charge is 0.325 e. The molecule has 0 fully saturated rings. The molecule has 0 spiro atoms. The molecule has 5 heteroatoms. The number of amides is 1. The summed E-state index contributed by atoms with van der Waals surface area (Å²) in [7, 11) is 0. The van der Waals surface area contributed by atoms with E-state index in [-0.39, 0.29) is 5.91 Å². The summed E-state index contributed by atoms with van der Waals surface area (Å²) >= 11 is 4.73. The number of rotatable bonds is 4. The molecule has 2 aromatic rings. The van der Waals surface area contributed by atoms with E-state index in [4.69, 9.17) is 0 Å². The van der Waals surface area contributed by atoms with Crippen LogP contribution in [0.5, 0.6) is 0 Å². The maximum absolute atomic E-state index is 11.7. The van der Waals surface area contributed by atoms with Gasteiger partial charge in [-0.15, -0.1) is 0 Å². The summed E-state index contributed by atoms with van der Waals surface area (Å²) in [5, 5.41) is 3.66. The van der Waals surface area contributed by atoms with Gasteiger partial charge in [-0.3, -0.25) is 4.79 Å². The highest BCUT2D eigenvalue weighted by Gasteiger charge is 2.04. The van der Waals surface area contributed by atoms with Crippen LogP contribution in [0.15, 0.2) is 58.2 Å². The quantitative estimate of drug-likeness (QED) is 0.875. The number of hydrogen-bond donors (Lipinski definition) is 1. The van der Waals surface area contributed by atoms with Crippen molar-refractivity contribution < 1.29 is 4.79 Å². The lowest BCUT2D eigenvalue weighted by molar-refractivity contribution is -0.113. The van der Waals surface area contributed by atoms with Crippen LogP contribution in [0.3, 0.4) is 0 Å². The van der Waals surface area contributed by atoms with E-state index >= 15 is 0 Å². The van der Waals surface area contributed by atoms with Crippen molar-refractivity contribution in [1.82, 2.24) is 4.98 Å². The Kier molecular flexibility index (Phi) is 4.78. The Morgan fingerprint density at radius 2 is 2.00 bits per heavy atom. The van der Waals surface area contributed by atoms with Crippen molar-refractivity contribution in [2.75, 3.05) is 11.1 Å². The Labute approximate surface area is 118 Å². The number of para-hydroxylation sites is 1.